The van der Waals surface area contributed by atoms with E-state index in [9.17, 15) is 19.1 Å². The maximum atomic E-state index is 13.2. The zero-order valence-corrected chi connectivity index (χ0v) is 15.3. The Kier molecular flexibility index (Phi) is 5.20. The van der Waals surface area contributed by atoms with Gasteiger partial charge < -0.3 is 14.9 Å². The van der Waals surface area contributed by atoms with Gasteiger partial charge in [0.1, 0.15) is 11.6 Å². The van der Waals surface area contributed by atoms with Crippen LogP contribution in [0.2, 0.25) is 0 Å². The lowest BCUT2D eigenvalue weighted by Gasteiger charge is -2.24. The molecule has 136 valence electrons. The van der Waals surface area contributed by atoms with Gasteiger partial charge in [0.2, 0.25) is 0 Å². The minimum absolute atomic E-state index is 0.0535. The molecule has 2 heterocycles. The number of Topliss-reactive ketones (excluding diaryl/α,β-unsaturated/α-hetero) is 1. The second-order valence-corrected chi connectivity index (χ2v) is 7.45. The molecule has 0 unspecified atom stereocenters. The SMILES string of the molecule is C[NH+](C)CCN1C(=O)C(=O)C(=C(O)c2ccc(F)cc2)[C@H]1c1cccs1. The molecule has 0 aliphatic carbocycles. The molecule has 3 rings (SSSR count). The molecule has 0 saturated carbocycles. The van der Waals surface area contributed by atoms with E-state index < -0.39 is 23.5 Å². The molecular weight excluding hydrogens is 355 g/mol. The highest BCUT2D eigenvalue weighted by Crippen LogP contribution is 2.40. The van der Waals surface area contributed by atoms with Crippen LogP contribution in [-0.2, 0) is 9.59 Å². The highest BCUT2D eigenvalue weighted by atomic mass is 32.1. The molecule has 0 spiro atoms. The molecular formula is C19H20FN2O3S+. The van der Waals surface area contributed by atoms with Crippen LogP contribution in [0, 0.1) is 5.82 Å². The van der Waals surface area contributed by atoms with Gasteiger partial charge in [0, 0.05) is 10.4 Å². The van der Waals surface area contributed by atoms with Crippen LogP contribution in [0.3, 0.4) is 0 Å². The monoisotopic (exact) mass is 375 g/mol. The molecule has 7 heteroatoms. The number of nitrogens with one attached hydrogen (secondary N) is 1. The first-order valence-electron chi connectivity index (χ1n) is 8.27. The minimum atomic E-state index is -0.709. The van der Waals surface area contributed by atoms with Crippen molar-refractivity contribution in [3.63, 3.8) is 0 Å². The van der Waals surface area contributed by atoms with E-state index >= 15 is 0 Å². The molecule has 1 aromatic heterocycles. The van der Waals surface area contributed by atoms with Crippen molar-refractivity contribution in [2.45, 2.75) is 6.04 Å². The average Bonchev–Trinajstić information content (AvgIpc) is 3.21. The van der Waals surface area contributed by atoms with E-state index in [1.807, 2.05) is 31.6 Å². The lowest BCUT2D eigenvalue weighted by molar-refractivity contribution is -0.857. The predicted molar refractivity (Wildman–Crippen MR) is 97.4 cm³/mol. The zero-order valence-electron chi connectivity index (χ0n) is 14.5. The van der Waals surface area contributed by atoms with Crippen molar-refractivity contribution in [1.82, 2.24) is 4.90 Å². The summed E-state index contributed by atoms with van der Waals surface area (Å²) in [6, 6.07) is 8.27. The van der Waals surface area contributed by atoms with Gasteiger partial charge >= 0.3 is 0 Å². The van der Waals surface area contributed by atoms with Crippen molar-refractivity contribution >= 4 is 28.8 Å². The summed E-state index contributed by atoms with van der Waals surface area (Å²) < 4.78 is 13.2. The number of nitrogens with zero attached hydrogens (tertiary/aromatic N) is 1. The van der Waals surface area contributed by atoms with Crippen LogP contribution >= 0.6 is 11.3 Å². The number of halogens is 1. The molecule has 1 fully saturated rings. The number of thiophene rings is 1. The van der Waals surface area contributed by atoms with Gasteiger partial charge in [0.15, 0.2) is 0 Å². The fourth-order valence-corrected chi connectivity index (χ4v) is 3.81. The van der Waals surface area contributed by atoms with Gasteiger partial charge in [-0.05, 0) is 35.7 Å². The summed E-state index contributed by atoms with van der Waals surface area (Å²) in [7, 11) is 3.94. The third-order valence-corrected chi connectivity index (χ3v) is 5.25. The minimum Gasteiger partial charge on any atom is -0.507 e. The van der Waals surface area contributed by atoms with E-state index in [4.69, 9.17) is 0 Å². The third-order valence-electron chi connectivity index (χ3n) is 4.32. The number of hydrogen-bond donors (Lipinski definition) is 2. The van der Waals surface area contributed by atoms with E-state index in [0.29, 0.717) is 18.7 Å². The van der Waals surface area contributed by atoms with Gasteiger partial charge in [-0.1, -0.05) is 6.07 Å². The lowest BCUT2D eigenvalue weighted by Crippen LogP contribution is -3.06. The molecule has 5 nitrogen and oxygen atoms in total. The Labute approximate surface area is 155 Å². The van der Waals surface area contributed by atoms with Crippen LogP contribution in [0.4, 0.5) is 4.39 Å². The Hall–Kier alpha value is -2.51. The van der Waals surface area contributed by atoms with Gasteiger partial charge in [-0.2, -0.15) is 0 Å². The summed E-state index contributed by atoms with van der Waals surface area (Å²) in [6.07, 6.45) is 0. The molecule has 0 radical (unpaired) electrons. The van der Waals surface area contributed by atoms with Gasteiger partial charge in [-0.15, -0.1) is 11.3 Å². The molecule has 1 amide bonds. The highest BCUT2D eigenvalue weighted by Gasteiger charge is 2.46. The lowest BCUT2D eigenvalue weighted by atomic mass is 10.00. The smallest absolute Gasteiger partial charge is 0.295 e. The van der Waals surface area contributed by atoms with E-state index in [1.54, 1.807) is 0 Å². The number of carbonyl (C=O) groups is 2. The van der Waals surface area contributed by atoms with Crippen molar-refractivity contribution in [1.29, 1.82) is 0 Å². The van der Waals surface area contributed by atoms with Crippen molar-refractivity contribution in [2.24, 2.45) is 0 Å². The first-order valence-corrected chi connectivity index (χ1v) is 9.15. The number of aliphatic hydroxyl groups is 1. The van der Waals surface area contributed by atoms with E-state index in [1.165, 1.54) is 40.5 Å². The number of likely N-dealkylation sites (tertiary alicyclic amines) is 1. The van der Waals surface area contributed by atoms with Gasteiger partial charge in [-0.3, -0.25) is 9.59 Å². The fourth-order valence-electron chi connectivity index (χ4n) is 2.96. The standard InChI is InChI=1S/C19H19FN2O3S/c1-21(2)9-10-22-16(14-4-3-11-26-14)15(18(24)19(22)25)17(23)12-5-7-13(20)8-6-12/h3-8,11,16,23H,9-10H2,1-2H3/p+1/t16-/m1/s1. The summed E-state index contributed by atoms with van der Waals surface area (Å²) in [5.41, 5.74) is 0.363. The number of ketones is 1. The fraction of sp³-hybridized carbons (Fsp3) is 0.263. The first-order chi connectivity index (χ1) is 12.4. The summed E-state index contributed by atoms with van der Waals surface area (Å²) in [5, 5.41) is 12.6. The van der Waals surface area contributed by atoms with Crippen LogP contribution in [0.5, 0.6) is 0 Å². The van der Waals surface area contributed by atoms with Gasteiger partial charge in [0.05, 0.1) is 38.8 Å². The molecule has 1 saturated heterocycles. The normalized spacial score (nSPS) is 19.5. The zero-order chi connectivity index (χ0) is 18.8. The number of hydrogen-bond acceptors (Lipinski definition) is 4. The van der Waals surface area contributed by atoms with Crippen molar-refractivity contribution in [3.05, 3.63) is 63.6 Å². The second kappa shape index (κ2) is 7.39. The second-order valence-electron chi connectivity index (χ2n) is 6.47. The topological polar surface area (TPSA) is 62.0 Å². The Morgan fingerprint density at radius 2 is 1.92 bits per heavy atom. The van der Waals surface area contributed by atoms with E-state index in [2.05, 4.69) is 0 Å². The summed E-state index contributed by atoms with van der Waals surface area (Å²) in [5.74, 6) is -2.04. The van der Waals surface area contributed by atoms with Crippen molar-refractivity contribution in [3.8, 4) is 0 Å². The number of quaternary nitrogens is 1. The average molecular weight is 375 g/mol. The van der Waals surface area contributed by atoms with Gasteiger partial charge in [-0.25, -0.2) is 4.39 Å². The summed E-state index contributed by atoms with van der Waals surface area (Å²) in [6.45, 7) is 1.07. The van der Waals surface area contributed by atoms with Crippen LogP contribution in [0.1, 0.15) is 16.5 Å². The number of aliphatic hydroxyl groups excluding tert-OH is 1. The van der Waals surface area contributed by atoms with Gasteiger partial charge in [0.25, 0.3) is 11.7 Å². The number of rotatable bonds is 5. The van der Waals surface area contributed by atoms with Crippen molar-refractivity contribution < 1.29 is 24.0 Å². The van der Waals surface area contributed by atoms with Crippen LogP contribution in [0.25, 0.3) is 5.76 Å². The molecule has 1 aliphatic heterocycles. The van der Waals surface area contributed by atoms with E-state index in [0.717, 1.165) is 9.78 Å². The number of carbonyl (C=O) groups excluding carboxylic acids is 2. The maximum absolute atomic E-state index is 13.2. The molecule has 1 atom stereocenters. The Morgan fingerprint density at radius 3 is 2.50 bits per heavy atom. The summed E-state index contributed by atoms with van der Waals surface area (Å²) >= 11 is 1.42. The number of likely N-dealkylation sites (N-methyl/N-ethyl adjacent to an activating group) is 1. The Balaban J connectivity index is 2.09. The van der Waals surface area contributed by atoms with Crippen molar-refractivity contribution in [2.75, 3.05) is 27.2 Å². The highest BCUT2D eigenvalue weighted by molar-refractivity contribution is 7.10. The van der Waals surface area contributed by atoms with Crippen LogP contribution in [0.15, 0.2) is 47.4 Å². The first kappa shape index (κ1) is 18.3. The number of benzene rings is 1. The maximum Gasteiger partial charge on any atom is 0.295 e. The quantitative estimate of drug-likeness (QED) is 0.472. The number of amides is 1. The third kappa shape index (κ3) is 3.40. The Morgan fingerprint density at radius 1 is 1.23 bits per heavy atom. The molecule has 1 aromatic carbocycles. The predicted octanol–water partition coefficient (Wildman–Crippen LogP) is 1.45. The molecule has 2 N–H and O–H groups in total. The van der Waals surface area contributed by atoms with Crippen LogP contribution in [-0.4, -0.2) is 48.9 Å². The van der Waals surface area contributed by atoms with E-state index in [-0.39, 0.29) is 11.3 Å². The molecule has 0 bridgehead atoms. The summed E-state index contributed by atoms with van der Waals surface area (Å²) in [4.78, 5) is 28.7. The largest absolute Gasteiger partial charge is 0.507 e. The molecule has 1 aliphatic rings. The van der Waals surface area contributed by atoms with Crippen LogP contribution < -0.4 is 4.90 Å². The molecule has 2 aromatic rings. The molecule has 26 heavy (non-hydrogen) atoms. The Bertz CT molecular complexity index is 844.